The normalized spacial score (nSPS) is 9.95. The average Bonchev–Trinajstić information content (AvgIpc) is 2.52. The number of benzene rings is 1. The maximum Gasteiger partial charge on any atom is 0.269 e. The molecule has 0 saturated carbocycles. The summed E-state index contributed by atoms with van der Waals surface area (Å²) in [4.78, 5) is 23.5. The van der Waals surface area contributed by atoms with Crippen LogP contribution >= 0.6 is 0 Å². The predicted octanol–water partition coefficient (Wildman–Crippen LogP) is 2.44. The Balaban J connectivity index is 2.68. The summed E-state index contributed by atoms with van der Waals surface area (Å²) < 4.78 is 10.9. The van der Waals surface area contributed by atoms with Crippen molar-refractivity contribution < 1.29 is 19.1 Å². The third-order valence-electron chi connectivity index (χ3n) is 2.88. The van der Waals surface area contributed by atoms with Crippen molar-refractivity contribution in [1.82, 2.24) is 10.9 Å². The van der Waals surface area contributed by atoms with Crippen LogP contribution < -0.4 is 20.3 Å². The smallest absolute Gasteiger partial charge is 0.269 e. The zero-order chi connectivity index (χ0) is 16.4. The molecule has 1 aromatic carbocycles. The Morgan fingerprint density at radius 2 is 1.68 bits per heavy atom. The van der Waals surface area contributed by atoms with E-state index in [0.717, 1.165) is 12.8 Å². The summed E-state index contributed by atoms with van der Waals surface area (Å²) in [7, 11) is 0. The first-order valence-electron chi connectivity index (χ1n) is 7.61. The van der Waals surface area contributed by atoms with Crippen LogP contribution in [0.2, 0.25) is 0 Å². The number of rotatable bonds is 8. The van der Waals surface area contributed by atoms with E-state index in [2.05, 4.69) is 10.9 Å². The van der Waals surface area contributed by atoms with Gasteiger partial charge in [0.25, 0.3) is 5.91 Å². The first-order chi connectivity index (χ1) is 10.6. The monoisotopic (exact) mass is 308 g/mol. The molecule has 1 aromatic rings. The molecule has 2 amide bonds. The summed E-state index contributed by atoms with van der Waals surface area (Å²) in [6.07, 6.45) is 2.11. The van der Waals surface area contributed by atoms with Gasteiger partial charge in [-0.2, -0.15) is 0 Å². The maximum absolute atomic E-state index is 12.0. The van der Waals surface area contributed by atoms with E-state index in [1.54, 1.807) is 18.2 Å². The number of hydrogen-bond acceptors (Lipinski definition) is 4. The third kappa shape index (κ3) is 5.63. The summed E-state index contributed by atoms with van der Waals surface area (Å²) in [5.74, 6) is 0.502. The van der Waals surface area contributed by atoms with Gasteiger partial charge in [0.1, 0.15) is 0 Å². The highest BCUT2D eigenvalue weighted by Gasteiger charge is 2.12. The Hall–Kier alpha value is -2.24. The highest BCUT2D eigenvalue weighted by Crippen LogP contribution is 2.28. The Morgan fingerprint density at radius 1 is 1.00 bits per heavy atom. The topological polar surface area (TPSA) is 76.7 Å². The van der Waals surface area contributed by atoms with Gasteiger partial charge in [0.15, 0.2) is 11.5 Å². The molecule has 0 bridgehead atoms. The van der Waals surface area contributed by atoms with Gasteiger partial charge >= 0.3 is 0 Å². The molecule has 6 nitrogen and oxygen atoms in total. The van der Waals surface area contributed by atoms with Gasteiger partial charge in [0.05, 0.1) is 13.2 Å². The zero-order valence-electron chi connectivity index (χ0n) is 13.4. The molecule has 6 heteroatoms. The van der Waals surface area contributed by atoms with Crippen LogP contribution in [0, 0.1) is 0 Å². The minimum absolute atomic E-state index is 0.203. The number of amides is 2. The molecule has 0 aliphatic carbocycles. The van der Waals surface area contributed by atoms with Crippen LogP contribution in [0.1, 0.15) is 50.4 Å². The Bertz CT molecular complexity index is 503. The molecule has 0 saturated heterocycles. The van der Waals surface area contributed by atoms with Crippen LogP contribution in [-0.2, 0) is 4.79 Å². The van der Waals surface area contributed by atoms with Crippen molar-refractivity contribution in [2.24, 2.45) is 0 Å². The highest BCUT2D eigenvalue weighted by molar-refractivity contribution is 5.96. The summed E-state index contributed by atoms with van der Waals surface area (Å²) in [6.45, 7) is 6.72. The lowest BCUT2D eigenvalue weighted by molar-refractivity contribution is -0.121. The van der Waals surface area contributed by atoms with E-state index in [9.17, 15) is 9.59 Å². The van der Waals surface area contributed by atoms with Crippen molar-refractivity contribution in [3.63, 3.8) is 0 Å². The summed E-state index contributed by atoms with van der Waals surface area (Å²) in [5, 5.41) is 0. The van der Waals surface area contributed by atoms with Crippen molar-refractivity contribution in [3.05, 3.63) is 23.8 Å². The average molecular weight is 308 g/mol. The molecule has 0 atom stereocenters. The lowest BCUT2D eigenvalue weighted by Gasteiger charge is -2.12. The second kappa shape index (κ2) is 9.65. The van der Waals surface area contributed by atoms with Crippen molar-refractivity contribution in [2.45, 2.75) is 40.0 Å². The van der Waals surface area contributed by atoms with Gasteiger partial charge in [-0.25, -0.2) is 0 Å². The summed E-state index contributed by atoms with van der Waals surface area (Å²) >= 11 is 0. The van der Waals surface area contributed by atoms with E-state index in [4.69, 9.17) is 9.47 Å². The van der Waals surface area contributed by atoms with E-state index in [-0.39, 0.29) is 5.91 Å². The molecule has 0 unspecified atom stereocenters. The molecular weight excluding hydrogens is 284 g/mol. The van der Waals surface area contributed by atoms with Crippen LogP contribution in [0.15, 0.2) is 18.2 Å². The first-order valence-corrected chi connectivity index (χ1v) is 7.61. The van der Waals surface area contributed by atoms with Crippen molar-refractivity contribution in [2.75, 3.05) is 13.2 Å². The second-order valence-electron chi connectivity index (χ2n) is 4.63. The number of nitrogens with one attached hydrogen (secondary N) is 2. The number of hydrazine groups is 1. The van der Waals surface area contributed by atoms with Crippen molar-refractivity contribution >= 4 is 11.8 Å². The number of ether oxygens (including phenoxy) is 2. The molecule has 0 fully saturated rings. The Kier molecular flexibility index (Phi) is 7.81. The maximum atomic E-state index is 12.0. The third-order valence-corrected chi connectivity index (χ3v) is 2.88. The molecule has 0 radical (unpaired) electrons. The first kappa shape index (κ1) is 17.8. The van der Waals surface area contributed by atoms with E-state index in [1.165, 1.54) is 0 Å². The number of carbonyl (C=O) groups is 2. The molecule has 0 heterocycles. The van der Waals surface area contributed by atoms with Crippen LogP contribution in [-0.4, -0.2) is 25.0 Å². The largest absolute Gasteiger partial charge is 0.490 e. The quantitative estimate of drug-likeness (QED) is 0.723. The molecule has 0 aromatic heterocycles. The fourth-order valence-corrected chi connectivity index (χ4v) is 1.79. The fraction of sp³-hybridized carbons (Fsp3) is 0.500. The SMILES string of the molecule is CCCCC(=O)NNC(=O)c1ccc(OCC)c(OCC)c1. The summed E-state index contributed by atoms with van der Waals surface area (Å²) in [5.41, 5.74) is 5.18. The van der Waals surface area contributed by atoms with Gasteiger partial charge in [0, 0.05) is 12.0 Å². The second-order valence-corrected chi connectivity index (χ2v) is 4.63. The standard InChI is InChI=1S/C16H24N2O4/c1-4-7-8-15(19)17-18-16(20)12-9-10-13(21-5-2)14(11-12)22-6-3/h9-11H,4-8H2,1-3H3,(H,17,19)(H,18,20). The van der Waals surface area contributed by atoms with Gasteiger partial charge in [-0.15, -0.1) is 0 Å². The van der Waals surface area contributed by atoms with E-state index in [0.29, 0.717) is 36.7 Å². The molecule has 22 heavy (non-hydrogen) atoms. The molecule has 0 spiro atoms. The lowest BCUT2D eigenvalue weighted by Crippen LogP contribution is -2.41. The zero-order valence-corrected chi connectivity index (χ0v) is 13.4. The Morgan fingerprint density at radius 3 is 2.32 bits per heavy atom. The minimum Gasteiger partial charge on any atom is -0.490 e. The van der Waals surface area contributed by atoms with Crippen molar-refractivity contribution in [3.8, 4) is 11.5 Å². The number of hydrogen-bond donors (Lipinski definition) is 2. The van der Waals surface area contributed by atoms with Gasteiger partial charge in [-0.05, 0) is 38.5 Å². The molecule has 0 aliphatic rings. The molecule has 0 aliphatic heterocycles. The van der Waals surface area contributed by atoms with Crippen LogP contribution in [0.3, 0.4) is 0 Å². The Labute approximate surface area is 131 Å². The van der Waals surface area contributed by atoms with E-state index >= 15 is 0 Å². The van der Waals surface area contributed by atoms with E-state index < -0.39 is 5.91 Å². The van der Waals surface area contributed by atoms with Gasteiger partial charge in [-0.3, -0.25) is 20.4 Å². The van der Waals surface area contributed by atoms with Crippen LogP contribution in [0.5, 0.6) is 11.5 Å². The molecule has 2 N–H and O–H groups in total. The van der Waals surface area contributed by atoms with Crippen LogP contribution in [0.25, 0.3) is 0 Å². The molecular formula is C16H24N2O4. The molecule has 122 valence electrons. The number of unbranched alkanes of at least 4 members (excludes halogenated alkanes) is 1. The van der Waals surface area contributed by atoms with Gasteiger partial charge < -0.3 is 9.47 Å². The van der Waals surface area contributed by atoms with E-state index in [1.807, 2.05) is 20.8 Å². The highest BCUT2D eigenvalue weighted by atomic mass is 16.5. The fourth-order valence-electron chi connectivity index (χ4n) is 1.79. The molecule has 1 rings (SSSR count). The van der Waals surface area contributed by atoms with Crippen molar-refractivity contribution in [1.29, 1.82) is 0 Å². The van der Waals surface area contributed by atoms with Gasteiger partial charge in [-0.1, -0.05) is 13.3 Å². The van der Waals surface area contributed by atoms with Gasteiger partial charge in [0.2, 0.25) is 5.91 Å². The predicted molar refractivity (Wildman–Crippen MR) is 83.9 cm³/mol. The minimum atomic E-state index is -0.395. The van der Waals surface area contributed by atoms with Crippen LogP contribution in [0.4, 0.5) is 0 Å². The number of carbonyl (C=O) groups excluding carboxylic acids is 2. The summed E-state index contributed by atoms with van der Waals surface area (Å²) in [6, 6.07) is 4.91. The lowest BCUT2D eigenvalue weighted by atomic mass is 10.2.